The van der Waals surface area contributed by atoms with E-state index in [9.17, 15) is 13.6 Å². The van der Waals surface area contributed by atoms with E-state index in [1.165, 1.54) is 0 Å². The van der Waals surface area contributed by atoms with Crippen LogP contribution in [0.25, 0.3) is 0 Å². The first-order chi connectivity index (χ1) is 5.30. The van der Waals surface area contributed by atoms with Crippen LogP contribution in [0.5, 0.6) is 0 Å². The van der Waals surface area contributed by atoms with Crippen molar-refractivity contribution in [1.29, 1.82) is 0 Å². The molecule has 0 radical (unpaired) electrons. The highest BCUT2D eigenvalue weighted by Crippen LogP contribution is 2.21. The quantitative estimate of drug-likeness (QED) is 0.682. The number of nitrogens with two attached hydrogens (primary N) is 1. The minimum atomic E-state index is -3.03. The van der Waals surface area contributed by atoms with Gasteiger partial charge < -0.3 is 10.8 Å². The van der Waals surface area contributed by atoms with Gasteiger partial charge in [-0.3, -0.25) is 0 Å². The van der Waals surface area contributed by atoms with Crippen LogP contribution in [0.1, 0.15) is 20.3 Å². The summed E-state index contributed by atoms with van der Waals surface area (Å²) < 4.78 is 24.4. The molecule has 0 fully saturated rings. The zero-order valence-electron chi connectivity index (χ0n) is 7.05. The van der Waals surface area contributed by atoms with Gasteiger partial charge >= 0.3 is 5.97 Å². The van der Waals surface area contributed by atoms with Crippen LogP contribution in [-0.2, 0) is 4.79 Å². The predicted octanol–water partition coefficient (Wildman–Crippen LogP) is 1.08. The number of carboxylic acid groups (broad SMARTS) is 1. The molecule has 1 unspecified atom stereocenters. The van der Waals surface area contributed by atoms with E-state index in [0.717, 1.165) is 0 Å². The standard InChI is InChI=1S/C7H13F2NO2/c1-4(2)3-7(10,5(8)9)6(11)12/h4-5H,3,10H2,1-2H3,(H,11,12). The summed E-state index contributed by atoms with van der Waals surface area (Å²) in [6.07, 6.45) is -3.25. The average molecular weight is 181 g/mol. The van der Waals surface area contributed by atoms with Crippen molar-refractivity contribution in [3.63, 3.8) is 0 Å². The van der Waals surface area contributed by atoms with Crippen LogP contribution in [0.4, 0.5) is 8.78 Å². The number of carboxylic acids is 1. The van der Waals surface area contributed by atoms with Crippen LogP contribution in [0.2, 0.25) is 0 Å². The van der Waals surface area contributed by atoms with Crippen molar-refractivity contribution in [3.05, 3.63) is 0 Å². The third-order valence-corrected chi connectivity index (χ3v) is 1.53. The highest BCUT2D eigenvalue weighted by Gasteiger charge is 2.44. The van der Waals surface area contributed by atoms with Crippen LogP contribution in [-0.4, -0.2) is 23.0 Å². The molecule has 0 aliphatic carbocycles. The van der Waals surface area contributed by atoms with Crippen molar-refractivity contribution >= 4 is 5.97 Å². The van der Waals surface area contributed by atoms with E-state index < -0.39 is 17.9 Å². The Kier molecular flexibility index (Phi) is 3.57. The van der Waals surface area contributed by atoms with Crippen molar-refractivity contribution in [3.8, 4) is 0 Å². The lowest BCUT2D eigenvalue weighted by Crippen LogP contribution is -2.55. The fourth-order valence-electron chi connectivity index (χ4n) is 0.945. The van der Waals surface area contributed by atoms with Gasteiger partial charge in [-0.15, -0.1) is 0 Å². The van der Waals surface area contributed by atoms with Gasteiger partial charge in [-0.1, -0.05) is 13.8 Å². The lowest BCUT2D eigenvalue weighted by Gasteiger charge is -2.25. The largest absolute Gasteiger partial charge is 0.480 e. The van der Waals surface area contributed by atoms with E-state index in [0.29, 0.717) is 0 Å². The van der Waals surface area contributed by atoms with Crippen molar-refractivity contribution in [2.75, 3.05) is 0 Å². The minimum absolute atomic E-state index is 0.167. The van der Waals surface area contributed by atoms with Gasteiger partial charge in [-0.05, 0) is 12.3 Å². The maximum atomic E-state index is 12.2. The minimum Gasteiger partial charge on any atom is -0.480 e. The van der Waals surface area contributed by atoms with E-state index in [-0.39, 0.29) is 12.3 Å². The molecular weight excluding hydrogens is 168 g/mol. The Morgan fingerprint density at radius 3 is 2.08 bits per heavy atom. The lowest BCUT2D eigenvalue weighted by atomic mass is 9.90. The van der Waals surface area contributed by atoms with Crippen LogP contribution >= 0.6 is 0 Å². The number of carbonyl (C=O) groups is 1. The Morgan fingerprint density at radius 1 is 1.58 bits per heavy atom. The van der Waals surface area contributed by atoms with Gasteiger partial charge in [0.15, 0.2) is 5.54 Å². The first-order valence-corrected chi connectivity index (χ1v) is 3.61. The number of rotatable bonds is 4. The highest BCUT2D eigenvalue weighted by atomic mass is 19.3. The topological polar surface area (TPSA) is 63.3 Å². The molecule has 0 aliphatic rings. The Hall–Kier alpha value is -0.710. The number of hydrogen-bond acceptors (Lipinski definition) is 2. The summed E-state index contributed by atoms with van der Waals surface area (Å²) >= 11 is 0. The summed E-state index contributed by atoms with van der Waals surface area (Å²) in [4.78, 5) is 10.4. The molecule has 0 aromatic carbocycles. The molecule has 3 nitrogen and oxygen atoms in total. The van der Waals surface area contributed by atoms with Gasteiger partial charge in [0.25, 0.3) is 6.43 Å². The molecule has 0 aliphatic heterocycles. The third-order valence-electron chi connectivity index (χ3n) is 1.53. The summed E-state index contributed by atoms with van der Waals surface area (Å²) in [6.45, 7) is 3.29. The van der Waals surface area contributed by atoms with Crippen LogP contribution < -0.4 is 5.73 Å². The summed E-state index contributed by atoms with van der Waals surface area (Å²) in [5.41, 5.74) is 2.64. The average Bonchev–Trinajstić information content (AvgIpc) is 1.84. The van der Waals surface area contributed by atoms with Crippen LogP contribution in [0, 0.1) is 5.92 Å². The predicted molar refractivity (Wildman–Crippen MR) is 40.0 cm³/mol. The Bertz CT molecular complexity index is 173. The van der Waals surface area contributed by atoms with E-state index in [1.54, 1.807) is 13.8 Å². The molecule has 5 heteroatoms. The Morgan fingerprint density at radius 2 is 2.00 bits per heavy atom. The van der Waals surface area contributed by atoms with Gasteiger partial charge in [0.05, 0.1) is 0 Å². The molecule has 0 bridgehead atoms. The van der Waals surface area contributed by atoms with Crippen LogP contribution in [0.3, 0.4) is 0 Å². The normalized spacial score (nSPS) is 16.6. The van der Waals surface area contributed by atoms with Crippen LogP contribution in [0.15, 0.2) is 0 Å². The zero-order valence-corrected chi connectivity index (χ0v) is 7.05. The molecule has 0 spiro atoms. The van der Waals surface area contributed by atoms with Gasteiger partial charge in [-0.25, -0.2) is 13.6 Å². The smallest absolute Gasteiger partial charge is 0.329 e. The molecule has 0 aromatic rings. The fourth-order valence-corrected chi connectivity index (χ4v) is 0.945. The maximum Gasteiger partial charge on any atom is 0.329 e. The maximum absolute atomic E-state index is 12.2. The number of alkyl halides is 2. The first kappa shape index (κ1) is 11.3. The van der Waals surface area contributed by atoms with Crippen molar-refractivity contribution < 1.29 is 18.7 Å². The van der Waals surface area contributed by atoms with E-state index in [1.807, 2.05) is 0 Å². The molecule has 0 saturated heterocycles. The number of hydrogen-bond donors (Lipinski definition) is 2. The molecule has 12 heavy (non-hydrogen) atoms. The van der Waals surface area contributed by atoms with Gasteiger partial charge in [0.1, 0.15) is 0 Å². The Balaban J connectivity index is 4.51. The summed E-state index contributed by atoms with van der Waals surface area (Å²) in [5, 5.41) is 8.45. The molecular formula is C7H13F2NO2. The molecule has 1 atom stereocenters. The molecule has 3 N–H and O–H groups in total. The first-order valence-electron chi connectivity index (χ1n) is 3.61. The lowest BCUT2D eigenvalue weighted by molar-refractivity contribution is -0.150. The monoisotopic (exact) mass is 181 g/mol. The summed E-state index contributed by atoms with van der Waals surface area (Å²) in [7, 11) is 0. The van der Waals surface area contributed by atoms with E-state index >= 15 is 0 Å². The summed E-state index contributed by atoms with van der Waals surface area (Å²) in [5.74, 6) is -1.81. The zero-order chi connectivity index (χ0) is 9.94. The third kappa shape index (κ3) is 2.41. The second kappa shape index (κ2) is 3.80. The van der Waals surface area contributed by atoms with Crippen molar-refractivity contribution in [1.82, 2.24) is 0 Å². The second-order valence-corrected chi connectivity index (χ2v) is 3.24. The fraction of sp³-hybridized carbons (Fsp3) is 0.857. The molecule has 0 rings (SSSR count). The van der Waals surface area contributed by atoms with Crippen molar-refractivity contribution in [2.45, 2.75) is 32.2 Å². The number of halogens is 2. The molecule has 0 aromatic heterocycles. The second-order valence-electron chi connectivity index (χ2n) is 3.24. The Labute approximate surface area is 69.6 Å². The summed E-state index contributed by atoms with van der Waals surface area (Å²) in [6, 6.07) is 0. The molecule has 0 saturated carbocycles. The highest BCUT2D eigenvalue weighted by molar-refractivity contribution is 5.79. The van der Waals surface area contributed by atoms with Gasteiger partial charge in [-0.2, -0.15) is 0 Å². The number of aliphatic carboxylic acids is 1. The van der Waals surface area contributed by atoms with E-state index in [4.69, 9.17) is 10.8 Å². The SMILES string of the molecule is CC(C)CC(N)(C(=O)O)C(F)F. The molecule has 0 heterocycles. The van der Waals surface area contributed by atoms with Crippen molar-refractivity contribution in [2.24, 2.45) is 11.7 Å². The van der Waals surface area contributed by atoms with Gasteiger partial charge in [0, 0.05) is 0 Å². The van der Waals surface area contributed by atoms with E-state index in [2.05, 4.69) is 0 Å². The van der Waals surface area contributed by atoms with Gasteiger partial charge in [0.2, 0.25) is 0 Å². The molecule has 0 amide bonds. The molecule has 72 valence electrons.